The summed E-state index contributed by atoms with van der Waals surface area (Å²) in [5, 5.41) is 11.9. The zero-order valence-corrected chi connectivity index (χ0v) is 15.0. The lowest BCUT2D eigenvalue weighted by molar-refractivity contribution is -0.143. The molecule has 1 saturated heterocycles. The third kappa shape index (κ3) is 5.05. The summed E-state index contributed by atoms with van der Waals surface area (Å²) < 4.78 is 0. The first-order valence-corrected chi connectivity index (χ1v) is 8.58. The Balaban J connectivity index is 1.90. The summed E-state index contributed by atoms with van der Waals surface area (Å²) in [5.41, 5.74) is 1.08. The molecule has 1 aliphatic heterocycles. The molecule has 0 radical (unpaired) electrons. The van der Waals surface area contributed by atoms with Gasteiger partial charge in [0.15, 0.2) is 0 Å². The second-order valence-corrected chi connectivity index (χ2v) is 7.53. The average Bonchev–Trinajstić information content (AvgIpc) is 2.58. The first kappa shape index (κ1) is 19.0. The second kappa shape index (κ2) is 7.68. The quantitative estimate of drug-likeness (QED) is 0.876. The van der Waals surface area contributed by atoms with Crippen molar-refractivity contribution in [2.75, 3.05) is 13.1 Å². The van der Waals surface area contributed by atoms with Crippen LogP contribution in [-0.4, -0.2) is 40.9 Å². The van der Waals surface area contributed by atoms with Gasteiger partial charge in [0.05, 0.1) is 5.92 Å². The Bertz CT molecular complexity index is 638. The molecule has 136 valence electrons. The minimum atomic E-state index is -0.784. The van der Waals surface area contributed by atoms with Crippen molar-refractivity contribution in [3.8, 4) is 0 Å². The zero-order valence-electron chi connectivity index (χ0n) is 15.0. The molecule has 1 heterocycles. The Labute approximate surface area is 148 Å². The summed E-state index contributed by atoms with van der Waals surface area (Å²) in [7, 11) is 0. The maximum Gasteiger partial charge on any atom is 0.306 e. The smallest absolute Gasteiger partial charge is 0.306 e. The summed E-state index contributed by atoms with van der Waals surface area (Å²) in [6.07, 6.45) is 0.996. The number of piperidine rings is 1. The van der Waals surface area contributed by atoms with Crippen LogP contribution < -0.4 is 5.32 Å². The van der Waals surface area contributed by atoms with E-state index >= 15 is 0 Å². The Morgan fingerprint density at radius 2 is 1.68 bits per heavy atom. The van der Waals surface area contributed by atoms with E-state index in [-0.39, 0.29) is 17.7 Å². The van der Waals surface area contributed by atoms with E-state index in [0.717, 1.165) is 5.56 Å². The number of carbonyl (C=O) groups is 3. The lowest BCUT2D eigenvalue weighted by Crippen LogP contribution is -2.40. The number of nitrogens with zero attached hydrogens (tertiary/aromatic N) is 1. The molecule has 0 aliphatic carbocycles. The molecular formula is C19H26N2O4. The molecule has 1 aromatic carbocycles. The van der Waals surface area contributed by atoms with E-state index in [2.05, 4.69) is 5.32 Å². The van der Waals surface area contributed by atoms with Crippen molar-refractivity contribution >= 4 is 17.8 Å². The molecule has 6 nitrogen and oxygen atoms in total. The van der Waals surface area contributed by atoms with Gasteiger partial charge in [-0.3, -0.25) is 14.4 Å². The van der Waals surface area contributed by atoms with Crippen LogP contribution in [0.4, 0.5) is 0 Å². The molecule has 0 saturated carbocycles. The molecule has 0 bridgehead atoms. The van der Waals surface area contributed by atoms with Crippen LogP contribution in [-0.2, 0) is 16.1 Å². The van der Waals surface area contributed by atoms with Crippen LogP contribution in [0.25, 0.3) is 0 Å². The first-order valence-electron chi connectivity index (χ1n) is 8.58. The minimum absolute atomic E-state index is 0.0195. The summed E-state index contributed by atoms with van der Waals surface area (Å²) in [5.74, 6) is -1.23. The molecule has 0 atom stereocenters. The molecule has 25 heavy (non-hydrogen) atoms. The van der Waals surface area contributed by atoms with Crippen molar-refractivity contribution in [1.29, 1.82) is 0 Å². The van der Waals surface area contributed by atoms with E-state index < -0.39 is 11.4 Å². The topological polar surface area (TPSA) is 86.7 Å². The highest BCUT2D eigenvalue weighted by Crippen LogP contribution is 2.19. The normalized spacial score (nSPS) is 15.7. The third-order valence-electron chi connectivity index (χ3n) is 4.47. The highest BCUT2D eigenvalue weighted by molar-refractivity contribution is 5.94. The molecule has 1 fully saturated rings. The number of carboxylic acids is 1. The van der Waals surface area contributed by atoms with Gasteiger partial charge in [0.25, 0.3) is 5.91 Å². The van der Waals surface area contributed by atoms with E-state index in [1.807, 2.05) is 32.9 Å². The summed E-state index contributed by atoms with van der Waals surface area (Å²) in [4.78, 5) is 37.1. The summed E-state index contributed by atoms with van der Waals surface area (Å²) in [6, 6.07) is 7.18. The number of nitrogens with one attached hydrogen (secondary N) is 1. The van der Waals surface area contributed by atoms with Crippen LogP contribution in [0.2, 0.25) is 0 Å². The van der Waals surface area contributed by atoms with Crippen LogP contribution in [0.3, 0.4) is 0 Å². The van der Waals surface area contributed by atoms with E-state index in [0.29, 0.717) is 38.0 Å². The fraction of sp³-hybridized carbons (Fsp3) is 0.526. The molecule has 1 aromatic rings. The molecule has 0 spiro atoms. The van der Waals surface area contributed by atoms with Gasteiger partial charge < -0.3 is 15.3 Å². The van der Waals surface area contributed by atoms with Crippen molar-refractivity contribution < 1.29 is 19.5 Å². The van der Waals surface area contributed by atoms with Gasteiger partial charge in [-0.05, 0) is 30.5 Å². The maximum atomic E-state index is 12.5. The van der Waals surface area contributed by atoms with Crippen LogP contribution in [0.1, 0.15) is 49.5 Å². The largest absolute Gasteiger partial charge is 0.481 e. The van der Waals surface area contributed by atoms with Gasteiger partial charge in [-0.1, -0.05) is 32.9 Å². The maximum absolute atomic E-state index is 12.5. The number of likely N-dealkylation sites (tertiary alicyclic amines) is 1. The molecule has 2 N–H and O–H groups in total. The van der Waals surface area contributed by atoms with Crippen molar-refractivity contribution in [2.24, 2.45) is 11.3 Å². The Kier molecular flexibility index (Phi) is 5.82. The van der Waals surface area contributed by atoms with Crippen LogP contribution in [0.15, 0.2) is 24.3 Å². The predicted octanol–water partition coefficient (Wildman–Crippen LogP) is 2.29. The minimum Gasteiger partial charge on any atom is -0.481 e. The van der Waals surface area contributed by atoms with Gasteiger partial charge in [0.1, 0.15) is 0 Å². The van der Waals surface area contributed by atoms with Gasteiger partial charge in [0, 0.05) is 30.6 Å². The lowest BCUT2D eigenvalue weighted by Gasteiger charge is -2.30. The molecule has 6 heteroatoms. The number of aliphatic carboxylic acids is 1. The average molecular weight is 346 g/mol. The van der Waals surface area contributed by atoms with E-state index in [4.69, 9.17) is 5.11 Å². The van der Waals surface area contributed by atoms with E-state index in [9.17, 15) is 14.4 Å². The molecule has 2 amide bonds. The van der Waals surface area contributed by atoms with Crippen molar-refractivity contribution in [3.63, 3.8) is 0 Å². The van der Waals surface area contributed by atoms with Crippen LogP contribution in [0.5, 0.6) is 0 Å². The summed E-state index contributed by atoms with van der Waals surface area (Å²) in [6.45, 7) is 6.94. The van der Waals surface area contributed by atoms with Crippen LogP contribution in [0, 0.1) is 11.3 Å². The Morgan fingerprint density at radius 3 is 2.16 bits per heavy atom. The molecule has 0 aromatic heterocycles. The number of carbonyl (C=O) groups excluding carboxylic acids is 2. The Hall–Kier alpha value is -2.37. The van der Waals surface area contributed by atoms with Crippen molar-refractivity contribution in [3.05, 3.63) is 35.4 Å². The van der Waals surface area contributed by atoms with Gasteiger partial charge in [-0.15, -0.1) is 0 Å². The number of hydrogen-bond donors (Lipinski definition) is 2. The fourth-order valence-corrected chi connectivity index (χ4v) is 2.72. The molecule has 0 unspecified atom stereocenters. The molecule has 2 rings (SSSR count). The highest BCUT2D eigenvalue weighted by atomic mass is 16.4. The first-order chi connectivity index (χ1) is 11.7. The number of rotatable bonds is 4. The lowest BCUT2D eigenvalue weighted by atomic mass is 9.95. The highest BCUT2D eigenvalue weighted by Gasteiger charge is 2.27. The Morgan fingerprint density at radius 1 is 1.12 bits per heavy atom. The SMILES string of the molecule is CC(C)(C)C(=O)NCc1ccc(C(=O)N2CCC(C(=O)O)CC2)cc1. The van der Waals surface area contributed by atoms with Gasteiger partial charge in [-0.2, -0.15) is 0 Å². The number of benzene rings is 1. The number of hydrogen-bond acceptors (Lipinski definition) is 3. The van der Waals surface area contributed by atoms with Gasteiger partial charge in [-0.25, -0.2) is 0 Å². The predicted molar refractivity (Wildman–Crippen MR) is 94.0 cm³/mol. The summed E-state index contributed by atoms with van der Waals surface area (Å²) >= 11 is 0. The van der Waals surface area contributed by atoms with Gasteiger partial charge >= 0.3 is 5.97 Å². The fourth-order valence-electron chi connectivity index (χ4n) is 2.72. The van der Waals surface area contributed by atoms with E-state index in [1.165, 1.54) is 0 Å². The van der Waals surface area contributed by atoms with E-state index in [1.54, 1.807) is 17.0 Å². The van der Waals surface area contributed by atoms with Crippen molar-refractivity contribution in [2.45, 2.75) is 40.2 Å². The zero-order chi connectivity index (χ0) is 18.6. The van der Waals surface area contributed by atoms with Crippen molar-refractivity contribution in [1.82, 2.24) is 10.2 Å². The standard InChI is InChI=1S/C19H26N2O4/c1-19(2,3)18(25)20-12-13-4-6-14(7-5-13)16(22)21-10-8-15(9-11-21)17(23)24/h4-7,15H,8-12H2,1-3H3,(H,20,25)(H,23,24). The van der Waals surface area contributed by atoms with Gasteiger partial charge in [0.2, 0.25) is 5.91 Å². The second-order valence-electron chi connectivity index (χ2n) is 7.53. The third-order valence-corrected chi connectivity index (χ3v) is 4.47. The molecule has 1 aliphatic rings. The molecular weight excluding hydrogens is 320 g/mol. The number of amides is 2. The number of carboxylic acid groups (broad SMARTS) is 1. The van der Waals surface area contributed by atoms with Crippen LogP contribution >= 0.6 is 0 Å². The monoisotopic (exact) mass is 346 g/mol.